The SMILES string of the molecule is CC(Cc1ccccc1)NC(=O)C1(C#N)CCCC1. The maximum atomic E-state index is 12.3. The second kappa shape index (κ2) is 5.88. The van der Waals surface area contributed by atoms with Gasteiger partial charge in [0, 0.05) is 6.04 Å². The van der Waals surface area contributed by atoms with Crippen molar-refractivity contribution in [3.63, 3.8) is 0 Å². The molecule has 1 aromatic carbocycles. The van der Waals surface area contributed by atoms with E-state index in [9.17, 15) is 10.1 Å². The summed E-state index contributed by atoms with van der Waals surface area (Å²) in [6, 6.07) is 12.4. The number of amides is 1. The van der Waals surface area contributed by atoms with E-state index in [1.165, 1.54) is 5.56 Å². The lowest BCUT2D eigenvalue weighted by molar-refractivity contribution is -0.128. The van der Waals surface area contributed by atoms with Crippen LogP contribution in [0.3, 0.4) is 0 Å². The summed E-state index contributed by atoms with van der Waals surface area (Å²) in [5, 5.41) is 12.3. The molecule has 0 bridgehead atoms. The van der Waals surface area contributed by atoms with Gasteiger partial charge in [0.25, 0.3) is 0 Å². The number of rotatable bonds is 4. The average Bonchev–Trinajstić information content (AvgIpc) is 2.89. The van der Waals surface area contributed by atoms with Gasteiger partial charge in [0.05, 0.1) is 6.07 Å². The van der Waals surface area contributed by atoms with Crippen molar-refractivity contribution in [3.8, 4) is 6.07 Å². The molecule has 19 heavy (non-hydrogen) atoms. The first-order valence-corrected chi connectivity index (χ1v) is 6.92. The van der Waals surface area contributed by atoms with Crippen molar-refractivity contribution >= 4 is 5.91 Å². The minimum Gasteiger partial charge on any atom is -0.352 e. The van der Waals surface area contributed by atoms with Crippen LogP contribution in [-0.4, -0.2) is 11.9 Å². The molecule has 1 aliphatic carbocycles. The molecular weight excluding hydrogens is 236 g/mol. The highest BCUT2D eigenvalue weighted by Gasteiger charge is 2.41. The zero-order valence-corrected chi connectivity index (χ0v) is 11.4. The van der Waals surface area contributed by atoms with Crippen LogP contribution in [0.25, 0.3) is 0 Å². The zero-order chi connectivity index (χ0) is 13.7. The molecule has 0 aromatic heterocycles. The van der Waals surface area contributed by atoms with Gasteiger partial charge in [-0.15, -0.1) is 0 Å². The highest BCUT2D eigenvalue weighted by atomic mass is 16.2. The maximum absolute atomic E-state index is 12.3. The van der Waals surface area contributed by atoms with Crippen LogP contribution < -0.4 is 5.32 Å². The van der Waals surface area contributed by atoms with Gasteiger partial charge in [0.15, 0.2) is 0 Å². The molecule has 2 rings (SSSR count). The van der Waals surface area contributed by atoms with E-state index in [0.717, 1.165) is 19.3 Å². The minimum atomic E-state index is -0.773. The second-order valence-electron chi connectivity index (χ2n) is 5.47. The first-order valence-electron chi connectivity index (χ1n) is 6.92. The lowest BCUT2D eigenvalue weighted by Crippen LogP contribution is -2.43. The van der Waals surface area contributed by atoms with Crippen LogP contribution in [0.2, 0.25) is 0 Å². The second-order valence-corrected chi connectivity index (χ2v) is 5.47. The maximum Gasteiger partial charge on any atom is 0.240 e. The summed E-state index contributed by atoms with van der Waals surface area (Å²) in [5.74, 6) is -0.0871. The lowest BCUT2D eigenvalue weighted by Gasteiger charge is -2.22. The van der Waals surface area contributed by atoms with Crippen LogP contribution in [0, 0.1) is 16.7 Å². The molecule has 1 unspecified atom stereocenters. The Bertz CT molecular complexity index is 469. The molecule has 100 valence electrons. The van der Waals surface area contributed by atoms with E-state index in [4.69, 9.17) is 0 Å². The molecule has 3 heteroatoms. The fourth-order valence-electron chi connectivity index (χ4n) is 2.75. The van der Waals surface area contributed by atoms with Crippen LogP contribution in [0.15, 0.2) is 30.3 Å². The molecule has 1 amide bonds. The van der Waals surface area contributed by atoms with Gasteiger partial charge >= 0.3 is 0 Å². The predicted octanol–water partition coefficient (Wildman–Crippen LogP) is 2.82. The van der Waals surface area contributed by atoms with Crippen molar-refractivity contribution in [1.29, 1.82) is 5.26 Å². The van der Waals surface area contributed by atoms with E-state index in [2.05, 4.69) is 23.5 Å². The lowest BCUT2D eigenvalue weighted by atomic mass is 9.86. The Labute approximate surface area is 114 Å². The number of hydrogen-bond donors (Lipinski definition) is 1. The van der Waals surface area contributed by atoms with E-state index in [1.54, 1.807) is 0 Å². The van der Waals surface area contributed by atoms with Crippen LogP contribution in [-0.2, 0) is 11.2 Å². The van der Waals surface area contributed by atoms with Gasteiger partial charge in [-0.3, -0.25) is 4.79 Å². The van der Waals surface area contributed by atoms with Crippen LogP contribution in [0.4, 0.5) is 0 Å². The molecule has 1 fully saturated rings. The fourth-order valence-corrected chi connectivity index (χ4v) is 2.75. The topological polar surface area (TPSA) is 52.9 Å². The van der Waals surface area contributed by atoms with Crippen molar-refractivity contribution in [1.82, 2.24) is 5.32 Å². The molecule has 3 nitrogen and oxygen atoms in total. The number of carbonyl (C=O) groups is 1. The van der Waals surface area contributed by atoms with Crippen molar-refractivity contribution in [2.75, 3.05) is 0 Å². The molecule has 0 saturated heterocycles. The predicted molar refractivity (Wildman–Crippen MR) is 74.3 cm³/mol. The summed E-state index contributed by atoms with van der Waals surface area (Å²) < 4.78 is 0. The van der Waals surface area contributed by atoms with E-state index in [1.807, 2.05) is 25.1 Å². The van der Waals surface area contributed by atoms with Gasteiger partial charge in [-0.1, -0.05) is 43.2 Å². The largest absolute Gasteiger partial charge is 0.352 e. The quantitative estimate of drug-likeness (QED) is 0.900. The molecule has 1 N–H and O–H groups in total. The summed E-state index contributed by atoms with van der Waals surface area (Å²) in [4.78, 5) is 12.3. The molecule has 0 heterocycles. The Morgan fingerprint density at radius 3 is 2.58 bits per heavy atom. The highest BCUT2D eigenvalue weighted by Crippen LogP contribution is 2.37. The number of carbonyl (C=O) groups excluding carboxylic acids is 1. The van der Waals surface area contributed by atoms with E-state index < -0.39 is 5.41 Å². The third kappa shape index (κ3) is 3.14. The fraction of sp³-hybridized carbons (Fsp3) is 0.500. The van der Waals surface area contributed by atoms with Crippen molar-refractivity contribution < 1.29 is 4.79 Å². The number of benzene rings is 1. The number of nitrogens with zero attached hydrogens (tertiary/aromatic N) is 1. The normalized spacial score (nSPS) is 18.5. The van der Waals surface area contributed by atoms with Crippen molar-refractivity contribution in [3.05, 3.63) is 35.9 Å². The Morgan fingerprint density at radius 1 is 1.37 bits per heavy atom. The standard InChI is InChI=1S/C16H20N2O/c1-13(11-14-7-3-2-4-8-14)18-15(19)16(12-17)9-5-6-10-16/h2-4,7-8,13H,5-6,9-11H2,1H3,(H,18,19). The average molecular weight is 256 g/mol. The van der Waals surface area contributed by atoms with Crippen molar-refractivity contribution in [2.45, 2.75) is 45.1 Å². The Balaban J connectivity index is 1.94. The summed E-state index contributed by atoms with van der Waals surface area (Å²) in [6.45, 7) is 1.99. The highest BCUT2D eigenvalue weighted by molar-refractivity contribution is 5.85. The third-order valence-electron chi connectivity index (χ3n) is 3.87. The Kier molecular flexibility index (Phi) is 4.21. The summed E-state index contributed by atoms with van der Waals surface area (Å²) >= 11 is 0. The summed E-state index contributed by atoms with van der Waals surface area (Å²) in [6.07, 6.45) is 4.16. The molecule has 1 atom stereocenters. The van der Waals surface area contributed by atoms with Gasteiger partial charge in [-0.25, -0.2) is 0 Å². The first-order chi connectivity index (χ1) is 9.16. The van der Waals surface area contributed by atoms with Gasteiger partial charge in [-0.05, 0) is 31.7 Å². The van der Waals surface area contributed by atoms with Gasteiger partial charge in [0.2, 0.25) is 5.91 Å². The molecule has 1 aliphatic rings. The molecular formula is C16H20N2O. The Morgan fingerprint density at radius 2 is 2.00 bits per heavy atom. The van der Waals surface area contributed by atoms with Crippen LogP contribution >= 0.6 is 0 Å². The zero-order valence-electron chi connectivity index (χ0n) is 11.4. The molecule has 0 radical (unpaired) electrons. The van der Waals surface area contributed by atoms with Gasteiger partial charge < -0.3 is 5.32 Å². The summed E-state index contributed by atoms with van der Waals surface area (Å²) in [7, 11) is 0. The van der Waals surface area contributed by atoms with Crippen LogP contribution in [0.1, 0.15) is 38.2 Å². The minimum absolute atomic E-state index is 0.0562. The van der Waals surface area contributed by atoms with E-state index in [-0.39, 0.29) is 11.9 Å². The number of nitriles is 1. The number of nitrogens with one attached hydrogen (secondary N) is 1. The molecule has 1 aromatic rings. The number of hydrogen-bond acceptors (Lipinski definition) is 2. The van der Waals surface area contributed by atoms with Gasteiger partial charge in [0.1, 0.15) is 5.41 Å². The molecule has 0 aliphatic heterocycles. The van der Waals surface area contributed by atoms with E-state index >= 15 is 0 Å². The van der Waals surface area contributed by atoms with Gasteiger partial charge in [-0.2, -0.15) is 5.26 Å². The van der Waals surface area contributed by atoms with E-state index in [0.29, 0.717) is 12.8 Å². The Hall–Kier alpha value is -1.82. The van der Waals surface area contributed by atoms with Crippen LogP contribution in [0.5, 0.6) is 0 Å². The monoisotopic (exact) mass is 256 g/mol. The third-order valence-corrected chi connectivity index (χ3v) is 3.87. The summed E-state index contributed by atoms with van der Waals surface area (Å²) in [5.41, 5.74) is 0.429. The smallest absolute Gasteiger partial charge is 0.240 e. The van der Waals surface area contributed by atoms with Crippen molar-refractivity contribution in [2.24, 2.45) is 5.41 Å². The molecule has 0 spiro atoms. The molecule has 1 saturated carbocycles. The first kappa shape index (κ1) is 13.6.